The molecule has 0 atom stereocenters. The van der Waals surface area contributed by atoms with Gasteiger partial charge in [-0.25, -0.2) is 4.79 Å². The first-order chi connectivity index (χ1) is 8.40. The number of amides is 1. The first-order valence-electron chi connectivity index (χ1n) is 4.87. The highest BCUT2D eigenvalue weighted by atomic mass is 16.6. The zero-order valence-electron chi connectivity index (χ0n) is 9.41. The number of carbonyl (C=O) groups excluding carboxylic acids is 1. The van der Waals surface area contributed by atoms with Crippen molar-refractivity contribution in [2.45, 2.75) is 6.92 Å². The van der Waals surface area contributed by atoms with E-state index in [1.54, 1.807) is 0 Å². The Hall–Kier alpha value is -2.70. The first kappa shape index (κ1) is 13.4. The van der Waals surface area contributed by atoms with Gasteiger partial charge in [0.05, 0.1) is 4.92 Å². The third-order valence-electron chi connectivity index (χ3n) is 1.95. The van der Waals surface area contributed by atoms with Crippen LogP contribution in [-0.4, -0.2) is 21.9 Å². The van der Waals surface area contributed by atoms with Gasteiger partial charge in [0.1, 0.15) is 5.69 Å². The Morgan fingerprint density at radius 2 is 2.11 bits per heavy atom. The second-order valence-corrected chi connectivity index (χ2v) is 3.39. The van der Waals surface area contributed by atoms with E-state index in [0.29, 0.717) is 5.56 Å². The van der Waals surface area contributed by atoms with Gasteiger partial charge in [-0.15, -0.1) is 0 Å². The average molecular weight is 250 g/mol. The second kappa shape index (κ2) is 5.58. The molecule has 1 rings (SSSR count). The van der Waals surface area contributed by atoms with E-state index in [0.717, 1.165) is 6.08 Å². The van der Waals surface area contributed by atoms with Gasteiger partial charge in [0.15, 0.2) is 0 Å². The van der Waals surface area contributed by atoms with Crippen LogP contribution in [0.3, 0.4) is 0 Å². The van der Waals surface area contributed by atoms with Crippen molar-refractivity contribution in [1.29, 1.82) is 0 Å². The molecule has 2 N–H and O–H groups in total. The van der Waals surface area contributed by atoms with Gasteiger partial charge in [-0.05, 0) is 17.7 Å². The summed E-state index contributed by atoms with van der Waals surface area (Å²) in [6.45, 7) is 1.24. The molecule has 0 fully saturated rings. The van der Waals surface area contributed by atoms with Crippen molar-refractivity contribution in [1.82, 2.24) is 0 Å². The quantitative estimate of drug-likeness (QED) is 0.479. The molecule has 94 valence electrons. The van der Waals surface area contributed by atoms with Gasteiger partial charge < -0.3 is 10.4 Å². The number of nitro groups is 1. The van der Waals surface area contributed by atoms with Gasteiger partial charge in [0.2, 0.25) is 5.91 Å². The van der Waals surface area contributed by atoms with Crippen LogP contribution in [0.1, 0.15) is 12.5 Å². The van der Waals surface area contributed by atoms with Crippen molar-refractivity contribution in [2.24, 2.45) is 0 Å². The van der Waals surface area contributed by atoms with Crippen molar-refractivity contribution < 1.29 is 19.6 Å². The summed E-state index contributed by atoms with van der Waals surface area (Å²) in [4.78, 5) is 31.3. The predicted molar refractivity (Wildman–Crippen MR) is 64.1 cm³/mol. The van der Waals surface area contributed by atoms with Gasteiger partial charge >= 0.3 is 5.97 Å². The maximum atomic E-state index is 10.9. The molecule has 0 heterocycles. The summed E-state index contributed by atoms with van der Waals surface area (Å²) < 4.78 is 0. The molecule has 0 saturated carbocycles. The Kier molecular flexibility index (Phi) is 4.14. The molecule has 18 heavy (non-hydrogen) atoms. The highest BCUT2D eigenvalue weighted by molar-refractivity contribution is 5.92. The zero-order valence-corrected chi connectivity index (χ0v) is 9.41. The molecule has 0 aliphatic heterocycles. The number of nitro benzene ring substituents is 1. The van der Waals surface area contributed by atoms with E-state index in [2.05, 4.69) is 5.32 Å². The molecule has 0 radical (unpaired) electrons. The SMILES string of the molecule is CC(=O)Nc1ccc(C=CC(=O)O)cc1[N+](=O)[O-]. The Morgan fingerprint density at radius 3 is 2.61 bits per heavy atom. The van der Waals surface area contributed by atoms with Crippen LogP contribution in [0.15, 0.2) is 24.3 Å². The van der Waals surface area contributed by atoms with E-state index in [1.807, 2.05) is 0 Å². The molecule has 0 saturated heterocycles. The summed E-state index contributed by atoms with van der Waals surface area (Å²) in [5, 5.41) is 21.6. The van der Waals surface area contributed by atoms with Crippen molar-refractivity contribution in [3.05, 3.63) is 40.0 Å². The number of carbonyl (C=O) groups is 2. The zero-order chi connectivity index (χ0) is 13.7. The van der Waals surface area contributed by atoms with Gasteiger partial charge in [-0.2, -0.15) is 0 Å². The number of rotatable bonds is 4. The maximum Gasteiger partial charge on any atom is 0.328 e. The standard InChI is InChI=1S/C11H10N2O5/c1-7(14)12-9-4-2-8(3-5-11(15)16)6-10(9)13(17)18/h2-6H,1H3,(H,12,14)(H,15,16). The number of nitrogens with zero attached hydrogens (tertiary/aromatic N) is 1. The number of carboxylic acids is 1. The van der Waals surface area contributed by atoms with E-state index in [4.69, 9.17) is 5.11 Å². The van der Waals surface area contributed by atoms with Crippen LogP contribution in [0.2, 0.25) is 0 Å². The first-order valence-corrected chi connectivity index (χ1v) is 4.87. The molecule has 0 aliphatic rings. The Morgan fingerprint density at radius 1 is 1.44 bits per heavy atom. The lowest BCUT2D eigenvalue weighted by Gasteiger charge is -2.04. The van der Waals surface area contributed by atoms with Crippen molar-refractivity contribution in [2.75, 3.05) is 5.32 Å². The normalized spacial score (nSPS) is 10.3. The fourth-order valence-corrected chi connectivity index (χ4v) is 1.27. The predicted octanol–water partition coefficient (Wildman–Crippen LogP) is 1.65. The second-order valence-electron chi connectivity index (χ2n) is 3.39. The Bertz CT molecular complexity index is 536. The van der Waals surface area contributed by atoms with Crippen LogP contribution in [0.25, 0.3) is 6.08 Å². The number of hydrogen-bond donors (Lipinski definition) is 2. The van der Waals surface area contributed by atoms with Crippen LogP contribution in [0, 0.1) is 10.1 Å². The number of anilines is 1. The lowest BCUT2D eigenvalue weighted by Crippen LogP contribution is -2.08. The summed E-state index contributed by atoms with van der Waals surface area (Å²) >= 11 is 0. The monoisotopic (exact) mass is 250 g/mol. The number of carboxylic acid groups (broad SMARTS) is 1. The van der Waals surface area contributed by atoms with Gasteiger partial charge in [-0.1, -0.05) is 6.07 Å². The molecule has 1 amide bonds. The van der Waals surface area contributed by atoms with E-state index in [9.17, 15) is 19.7 Å². The number of aliphatic carboxylic acids is 1. The van der Waals surface area contributed by atoms with Crippen LogP contribution in [0.4, 0.5) is 11.4 Å². The molecule has 0 bridgehead atoms. The third-order valence-corrected chi connectivity index (χ3v) is 1.95. The maximum absolute atomic E-state index is 10.9. The number of hydrogen-bond acceptors (Lipinski definition) is 4. The van der Waals surface area contributed by atoms with Gasteiger partial charge in [-0.3, -0.25) is 14.9 Å². The number of nitrogens with one attached hydrogen (secondary N) is 1. The highest BCUT2D eigenvalue weighted by Gasteiger charge is 2.14. The minimum atomic E-state index is -1.15. The molecule has 1 aromatic carbocycles. The van der Waals surface area contributed by atoms with Gasteiger partial charge in [0, 0.05) is 19.1 Å². The molecule has 7 nitrogen and oxygen atoms in total. The minimum absolute atomic E-state index is 0.0694. The minimum Gasteiger partial charge on any atom is -0.478 e. The fraction of sp³-hybridized carbons (Fsp3) is 0.0909. The summed E-state index contributed by atoms with van der Waals surface area (Å²) in [5.74, 6) is -1.57. The number of benzene rings is 1. The molecule has 0 aromatic heterocycles. The summed E-state index contributed by atoms with van der Waals surface area (Å²) in [6, 6.07) is 4.00. The van der Waals surface area contributed by atoms with Gasteiger partial charge in [0.25, 0.3) is 5.69 Å². The molecule has 0 unspecified atom stereocenters. The van der Waals surface area contributed by atoms with Crippen LogP contribution in [-0.2, 0) is 9.59 Å². The van der Waals surface area contributed by atoms with Crippen LogP contribution in [0.5, 0.6) is 0 Å². The van der Waals surface area contributed by atoms with Crippen molar-refractivity contribution >= 4 is 29.3 Å². The lowest BCUT2D eigenvalue weighted by molar-refractivity contribution is -0.383. The molecular formula is C11H10N2O5. The van der Waals surface area contributed by atoms with E-state index in [-0.39, 0.29) is 11.4 Å². The van der Waals surface area contributed by atoms with E-state index < -0.39 is 16.8 Å². The molecule has 0 spiro atoms. The summed E-state index contributed by atoms with van der Waals surface area (Å²) in [5.41, 5.74) is 0.135. The Balaban J connectivity index is 3.14. The van der Waals surface area contributed by atoms with Crippen molar-refractivity contribution in [3.8, 4) is 0 Å². The van der Waals surface area contributed by atoms with E-state index in [1.165, 1.54) is 31.2 Å². The third kappa shape index (κ3) is 3.71. The smallest absolute Gasteiger partial charge is 0.328 e. The lowest BCUT2D eigenvalue weighted by atomic mass is 10.1. The molecular weight excluding hydrogens is 240 g/mol. The van der Waals surface area contributed by atoms with Crippen LogP contribution < -0.4 is 5.32 Å². The fourth-order valence-electron chi connectivity index (χ4n) is 1.27. The largest absolute Gasteiger partial charge is 0.478 e. The van der Waals surface area contributed by atoms with Crippen LogP contribution >= 0.6 is 0 Å². The topological polar surface area (TPSA) is 110 Å². The summed E-state index contributed by atoms with van der Waals surface area (Å²) in [7, 11) is 0. The molecule has 7 heteroatoms. The molecule has 1 aromatic rings. The summed E-state index contributed by atoms with van der Waals surface area (Å²) in [6.07, 6.45) is 2.10. The Labute approximate surface area is 102 Å². The highest BCUT2D eigenvalue weighted by Crippen LogP contribution is 2.26. The van der Waals surface area contributed by atoms with E-state index >= 15 is 0 Å². The van der Waals surface area contributed by atoms with Crippen molar-refractivity contribution in [3.63, 3.8) is 0 Å². The molecule has 0 aliphatic carbocycles. The average Bonchev–Trinajstić information content (AvgIpc) is 2.26.